The van der Waals surface area contributed by atoms with Crippen molar-refractivity contribution in [2.75, 3.05) is 22.6 Å². The van der Waals surface area contributed by atoms with E-state index in [1.165, 1.54) is 30.8 Å². The Kier molecular flexibility index (Phi) is 8.04. The van der Waals surface area contributed by atoms with Gasteiger partial charge in [0.2, 0.25) is 21.8 Å². The van der Waals surface area contributed by atoms with Gasteiger partial charge in [0.15, 0.2) is 0 Å². The van der Waals surface area contributed by atoms with Gasteiger partial charge in [-0.05, 0) is 54.8 Å². The number of carbonyl (C=O) groups excluding carboxylic acids is 2. The lowest BCUT2D eigenvalue weighted by Crippen LogP contribution is -2.44. The first-order chi connectivity index (χ1) is 13.3. The highest BCUT2D eigenvalue weighted by Gasteiger charge is 2.25. The lowest BCUT2D eigenvalue weighted by molar-refractivity contribution is -0.117. The molecule has 0 radical (unpaired) electrons. The van der Waals surface area contributed by atoms with Gasteiger partial charge in [0.25, 0.3) is 0 Å². The summed E-state index contributed by atoms with van der Waals surface area (Å²) in [5, 5.41) is 5.36. The maximum Gasteiger partial charge on any atom is 0.242 e. The van der Waals surface area contributed by atoms with Crippen molar-refractivity contribution < 1.29 is 18.0 Å². The highest BCUT2D eigenvalue weighted by Crippen LogP contribution is 2.16. The molecule has 0 unspecified atom stereocenters. The van der Waals surface area contributed by atoms with Crippen LogP contribution in [-0.4, -0.2) is 38.3 Å². The zero-order valence-corrected chi connectivity index (χ0v) is 17.3. The standard InChI is InChI=1S/C19H23N3O4S2/c1-14(23)20-15-8-10-16(11-9-15)21-19(24)18(12-13-27-2)22-28(25,26)17-6-4-3-5-7-17/h3-11,18,22H,12-13H2,1-2H3,(H,20,23)(H,21,24)/t18-/m0/s1. The fraction of sp³-hybridized carbons (Fsp3) is 0.263. The molecule has 28 heavy (non-hydrogen) atoms. The van der Waals surface area contributed by atoms with Gasteiger partial charge in [0.1, 0.15) is 6.04 Å². The Balaban J connectivity index is 2.11. The quantitative estimate of drug-likeness (QED) is 0.577. The van der Waals surface area contributed by atoms with Gasteiger partial charge in [-0.15, -0.1) is 0 Å². The second-order valence-corrected chi connectivity index (χ2v) is 8.72. The van der Waals surface area contributed by atoms with Crippen LogP contribution in [-0.2, 0) is 19.6 Å². The van der Waals surface area contributed by atoms with Crippen molar-refractivity contribution in [2.24, 2.45) is 0 Å². The van der Waals surface area contributed by atoms with Crippen LogP contribution in [0.25, 0.3) is 0 Å². The number of carbonyl (C=O) groups is 2. The highest BCUT2D eigenvalue weighted by molar-refractivity contribution is 7.98. The van der Waals surface area contributed by atoms with Crippen LogP contribution in [0.4, 0.5) is 11.4 Å². The van der Waals surface area contributed by atoms with Crippen LogP contribution in [0.2, 0.25) is 0 Å². The Hall–Kier alpha value is -2.36. The van der Waals surface area contributed by atoms with Gasteiger partial charge in [0, 0.05) is 18.3 Å². The maximum absolute atomic E-state index is 12.7. The van der Waals surface area contributed by atoms with Crippen molar-refractivity contribution >= 4 is 45.0 Å². The molecule has 0 spiro atoms. The molecule has 2 amide bonds. The monoisotopic (exact) mass is 421 g/mol. The van der Waals surface area contributed by atoms with Gasteiger partial charge in [-0.25, -0.2) is 8.42 Å². The minimum absolute atomic E-state index is 0.108. The number of sulfonamides is 1. The third-order valence-electron chi connectivity index (χ3n) is 3.75. The number of nitrogens with one attached hydrogen (secondary N) is 3. The van der Waals surface area contributed by atoms with E-state index in [0.29, 0.717) is 23.5 Å². The third-order valence-corrected chi connectivity index (χ3v) is 5.88. The van der Waals surface area contributed by atoms with E-state index in [1.807, 2.05) is 6.26 Å². The Morgan fingerprint density at radius 1 is 0.964 bits per heavy atom. The second-order valence-electron chi connectivity index (χ2n) is 6.02. The van der Waals surface area contributed by atoms with Gasteiger partial charge in [-0.1, -0.05) is 18.2 Å². The number of rotatable bonds is 9. The summed E-state index contributed by atoms with van der Waals surface area (Å²) in [5.41, 5.74) is 1.11. The number of thioether (sulfide) groups is 1. The van der Waals surface area contributed by atoms with Crippen molar-refractivity contribution in [3.8, 4) is 0 Å². The Morgan fingerprint density at radius 3 is 2.07 bits per heavy atom. The first-order valence-electron chi connectivity index (χ1n) is 8.56. The number of benzene rings is 2. The van der Waals surface area contributed by atoms with E-state index in [9.17, 15) is 18.0 Å². The summed E-state index contributed by atoms with van der Waals surface area (Å²) in [6.45, 7) is 1.41. The third kappa shape index (κ3) is 6.66. The normalized spacial score (nSPS) is 12.2. The molecule has 0 aliphatic carbocycles. The lowest BCUT2D eigenvalue weighted by atomic mass is 10.2. The van der Waals surface area contributed by atoms with Crippen LogP contribution >= 0.6 is 11.8 Å². The first kappa shape index (κ1) is 21.9. The van der Waals surface area contributed by atoms with Gasteiger partial charge < -0.3 is 10.6 Å². The van der Waals surface area contributed by atoms with E-state index >= 15 is 0 Å². The maximum atomic E-state index is 12.7. The van der Waals surface area contributed by atoms with Crippen LogP contribution in [0.15, 0.2) is 59.5 Å². The summed E-state index contributed by atoms with van der Waals surface area (Å²) < 4.78 is 27.6. The molecule has 0 fully saturated rings. The van der Waals surface area contributed by atoms with E-state index in [1.54, 1.807) is 42.5 Å². The van der Waals surface area contributed by atoms with E-state index in [-0.39, 0.29) is 10.8 Å². The smallest absolute Gasteiger partial charge is 0.242 e. The average Bonchev–Trinajstić information content (AvgIpc) is 2.67. The van der Waals surface area contributed by atoms with Gasteiger partial charge in [0.05, 0.1) is 4.90 Å². The van der Waals surface area contributed by atoms with Crippen LogP contribution in [0.3, 0.4) is 0 Å². The molecule has 9 heteroatoms. The van der Waals surface area contributed by atoms with E-state index < -0.39 is 22.0 Å². The highest BCUT2D eigenvalue weighted by atomic mass is 32.2. The summed E-state index contributed by atoms with van der Waals surface area (Å²) in [7, 11) is -3.81. The second kappa shape index (κ2) is 10.3. The minimum Gasteiger partial charge on any atom is -0.326 e. The molecule has 0 bridgehead atoms. The number of amides is 2. The lowest BCUT2D eigenvalue weighted by Gasteiger charge is -2.18. The van der Waals surface area contributed by atoms with Gasteiger partial charge in [-0.3, -0.25) is 9.59 Å². The molecular formula is C19H23N3O4S2. The van der Waals surface area contributed by atoms with Gasteiger partial charge in [-0.2, -0.15) is 16.5 Å². The molecule has 150 valence electrons. The zero-order valence-electron chi connectivity index (χ0n) is 15.6. The summed E-state index contributed by atoms with van der Waals surface area (Å²) in [5.74, 6) is -0.0123. The van der Waals surface area contributed by atoms with Crippen molar-refractivity contribution in [3.63, 3.8) is 0 Å². The predicted octanol–water partition coefficient (Wildman–Crippen LogP) is 2.68. The summed E-state index contributed by atoms with van der Waals surface area (Å²) in [6, 6.07) is 13.6. The summed E-state index contributed by atoms with van der Waals surface area (Å²) in [4.78, 5) is 23.8. The molecule has 0 saturated carbocycles. The van der Waals surface area contributed by atoms with E-state index in [2.05, 4.69) is 15.4 Å². The number of hydrogen-bond acceptors (Lipinski definition) is 5. The zero-order chi connectivity index (χ0) is 20.6. The molecule has 0 aliphatic heterocycles. The molecule has 0 heterocycles. The van der Waals surface area contributed by atoms with Crippen LogP contribution in [0.1, 0.15) is 13.3 Å². The van der Waals surface area contributed by atoms with Crippen molar-refractivity contribution in [3.05, 3.63) is 54.6 Å². The predicted molar refractivity (Wildman–Crippen MR) is 113 cm³/mol. The van der Waals surface area contributed by atoms with E-state index in [0.717, 1.165) is 0 Å². The van der Waals surface area contributed by atoms with Crippen molar-refractivity contribution in [1.29, 1.82) is 0 Å². The largest absolute Gasteiger partial charge is 0.326 e. The summed E-state index contributed by atoms with van der Waals surface area (Å²) >= 11 is 1.53. The SMILES string of the molecule is CSCC[C@H](NS(=O)(=O)c1ccccc1)C(=O)Nc1ccc(NC(C)=O)cc1. The fourth-order valence-electron chi connectivity index (χ4n) is 2.40. The molecule has 0 saturated heterocycles. The average molecular weight is 422 g/mol. The fourth-order valence-corrected chi connectivity index (χ4v) is 4.13. The van der Waals surface area contributed by atoms with Crippen LogP contribution in [0.5, 0.6) is 0 Å². The molecule has 2 rings (SSSR count). The number of anilines is 2. The molecule has 7 nitrogen and oxygen atoms in total. The Bertz CT molecular complexity index is 901. The molecule has 0 aliphatic rings. The molecule has 0 aromatic heterocycles. The summed E-state index contributed by atoms with van der Waals surface area (Å²) in [6.07, 6.45) is 2.24. The topological polar surface area (TPSA) is 104 Å². The molecular weight excluding hydrogens is 398 g/mol. The number of hydrogen-bond donors (Lipinski definition) is 3. The van der Waals surface area contributed by atoms with E-state index in [4.69, 9.17) is 0 Å². The van der Waals surface area contributed by atoms with Crippen molar-refractivity contribution in [2.45, 2.75) is 24.3 Å². The Morgan fingerprint density at radius 2 is 1.54 bits per heavy atom. The van der Waals surface area contributed by atoms with Crippen LogP contribution < -0.4 is 15.4 Å². The van der Waals surface area contributed by atoms with Crippen molar-refractivity contribution in [1.82, 2.24) is 4.72 Å². The molecule has 3 N–H and O–H groups in total. The van der Waals surface area contributed by atoms with Gasteiger partial charge >= 0.3 is 0 Å². The van der Waals surface area contributed by atoms with Crippen LogP contribution in [0, 0.1) is 0 Å². The molecule has 1 atom stereocenters. The molecule has 2 aromatic rings. The first-order valence-corrected chi connectivity index (χ1v) is 11.4. The molecule has 2 aromatic carbocycles. The Labute approximate surface area is 169 Å². The minimum atomic E-state index is -3.81.